The second-order valence-electron chi connectivity index (χ2n) is 6.64. The van der Waals surface area contributed by atoms with Crippen LogP contribution < -0.4 is 10.2 Å². The summed E-state index contributed by atoms with van der Waals surface area (Å²) in [6.45, 7) is 0.179. The molecule has 1 heterocycles. The maximum absolute atomic E-state index is 13.1. The SMILES string of the molecule is COC(=O)C1=C(C(=O)OC)N(c2ccccc2C(=O)NCc2ccc(F)cc2)C=CC=C1. The van der Waals surface area contributed by atoms with E-state index in [1.807, 2.05) is 0 Å². The van der Waals surface area contributed by atoms with Crippen LogP contribution in [0.2, 0.25) is 0 Å². The number of rotatable bonds is 6. The van der Waals surface area contributed by atoms with Crippen molar-refractivity contribution in [2.24, 2.45) is 0 Å². The van der Waals surface area contributed by atoms with Crippen LogP contribution in [0, 0.1) is 5.82 Å². The Morgan fingerprint density at radius 3 is 2.31 bits per heavy atom. The molecule has 7 nitrogen and oxygen atoms in total. The van der Waals surface area contributed by atoms with Gasteiger partial charge >= 0.3 is 11.9 Å². The number of benzene rings is 2. The number of ether oxygens (including phenoxy) is 2. The Morgan fingerprint density at radius 1 is 0.938 bits per heavy atom. The number of nitrogens with zero attached hydrogens (tertiary/aromatic N) is 1. The van der Waals surface area contributed by atoms with Crippen LogP contribution in [0.3, 0.4) is 0 Å². The van der Waals surface area contributed by atoms with Crippen molar-refractivity contribution in [3.63, 3.8) is 0 Å². The highest BCUT2D eigenvalue weighted by molar-refractivity contribution is 6.07. The number of carbonyl (C=O) groups excluding carboxylic acids is 3. The molecule has 0 unspecified atom stereocenters. The molecule has 1 amide bonds. The quantitative estimate of drug-likeness (QED) is 0.700. The smallest absolute Gasteiger partial charge is 0.355 e. The number of anilines is 1. The Balaban J connectivity index is 1.99. The number of hydrogen-bond donors (Lipinski definition) is 1. The number of hydrogen-bond acceptors (Lipinski definition) is 6. The molecular weight excluding hydrogens is 415 g/mol. The van der Waals surface area contributed by atoms with E-state index in [0.717, 1.165) is 5.56 Å². The molecule has 0 radical (unpaired) electrons. The Hall–Kier alpha value is -4.20. The fourth-order valence-electron chi connectivity index (χ4n) is 3.11. The largest absolute Gasteiger partial charge is 0.465 e. The van der Waals surface area contributed by atoms with E-state index in [2.05, 4.69) is 5.32 Å². The molecule has 0 aliphatic carbocycles. The summed E-state index contributed by atoms with van der Waals surface area (Å²) in [5, 5.41) is 2.78. The van der Waals surface area contributed by atoms with E-state index in [-0.39, 0.29) is 29.2 Å². The number of para-hydroxylation sites is 1. The summed E-state index contributed by atoms with van der Waals surface area (Å²) < 4.78 is 22.8. The lowest BCUT2D eigenvalue weighted by Gasteiger charge is -2.25. The van der Waals surface area contributed by atoms with Crippen LogP contribution in [-0.4, -0.2) is 32.1 Å². The van der Waals surface area contributed by atoms with E-state index < -0.39 is 17.8 Å². The lowest BCUT2D eigenvalue weighted by Crippen LogP contribution is -2.30. The highest BCUT2D eigenvalue weighted by atomic mass is 19.1. The van der Waals surface area contributed by atoms with Gasteiger partial charge in [-0.05, 0) is 42.0 Å². The van der Waals surface area contributed by atoms with Crippen molar-refractivity contribution in [2.75, 3.05) is 19.1 Å². The molecule has 3 rings (SSSR count). The summed E-state index contributed by atoms with van der Waals surface area (Å²) in [5.41, 5.74) is 1.21. The molecule has 164 valence electrons. The zero-order chi connectivity index (χ0) is 23.1. The van der Waals surface area contributed by atoms with Gasteiger partial charge in [0.25, 0.3) is 5.91 Å². The lowest BCUT2D eigenvalue weighted by molar-refractivity contribution is -0.139. The third kappa shape index (κ3) is 4.92. The Bertz CT molecular complexity index is 1120. The standard InChI is InChI=1S/C24H21FN2O5/c1-31-23(29)19-8-5-6-14-27(21(19)24(30)32-2)20-9-4-3-7-18(20)22(28)26-15-16-10-12-17(25)13-11-16/h3-14H,15H2,1-2H3,(H,26,28). The van der Waals surface area contributed by atoms with E-state index in [1.165, 1.54) is 37.3 Å². The molecular formula is C24H21FN2O5. The van der Waals surface area contributed by atoms with Gasteiger partial charge in [-0.1, -0.05) is 30.3 Å². The topological polar surface area (TPSA) is 84.9 Å². The molecule has 1 aliphatic rings. The van der Waals surface area contributed by atoms with Crippen molar-refractivity contribution < 1.29 is 28.2 Å². The number of amides is 1. The number of nitrogens with one attached hydrogen (secondary N) is 1. The summed E-state index contributed by atoms with van der Waals surface area (Å²) in [6.07, 6.45) is 6.18. The molecule has 0 spiro atoms. The average molecular weight is 436 g/mol. The van der Waals surface area contributed by atoms with Crippen molar-refractivity contribution in [1.29, 1.82) is 0 Å². The van der Waals surface area contributed by atoms with Gasteiger partial charge in [-0.25, -0.2) is 14.0 Å². The minimum absolute atomic E-state index is 0.0223. The fraction of sp³-hybridized carbons (Fsp3) is 0.125. The number of esters is 2. The Morgan fingerprint density at radius 2 is 1.62 bits per heavy atom. The van der Waals surface area contributed by atoms with Gasteiger partial charge in [0.15, 0.2) is 0 Å². The third-order valence-corrected chi connectivity index (χ3v) is 4.66. The third-order valence-electron chi connectivity index (χ3n) is 4.66. The maximum Gasteiger partial charge on any atom is 0.355 e. The molecule has 1 aliphatic heterocycles. The highest BCUT2D eigenvalue weighted by Crippen LogP contribution is 2.29. The zero-order valence-electron chi connectivity index (χ0n) is 17.5. The Labute approximate surface area is 184 Å². The molecule has 2 aromatic carbocycles. The van der Waals surface area contributed by atoms with E-state index >= 15 is 0 Å². The van der Waals surface area contributed by atoms with Gasteiger partial charge in [0.05, 0.1) is 31.0 Å². The number of allylic oxidation sites excluding steroid dienone is 2. The van der Waals surface area contributed by atoms with Crippen LogP contribution in [0.25, 0.3) is 0 Å². The molecule has 0 saturated carbocycles. The van der Waals surface area contributed by atoms with E-state index in [4.69, 9.17) is 9.47 Å². The van der Waals surface area contributed by atoms with Gasteiger partial charge in [-0.15, -0.1) is 0 Å². The molecule has 0 atom stereocenters. The number of carbonyl (C=O) groups is 3. The summed E-state index contributed by atoms with van der Waals surface area (Å²) in [7, 11) is 2.40. The molecule has 8 heteroatoms. The van der Waals surface area contributed by atoms with Crippen molar-refractivity contribution in [2.45, 2.75) is 6.54 Å². The predicted octanol–water partition coefficient (Wildman–Crippen LogP) is 3.25. The van der Waals surface area contributed by atoms with E-state index in [1.54, 1.807) is 54.8 Å². The highest BCUT2D eigenvalue weighted by Gasteiger charge is 2.29. The summed E-state index contributed by atoms with van der Waals surface area (Å²) in [4.78, 5) is 39.3. The second kappa shape index (κ2) is 10.2. The first-order valence-electron chi connectivity index (χ1n) is 9.63. The molecule has 2 aromatic rings. The van der Waals surface area contributed by atoms with Crippen LogP contribution in [0.5, 0.6) is 0 Å². The van der Waals surface area contributed by atoms with E-state index in [9.17, 15) is 18.8 Å². The average Bonchev–Trinajstić information content (AvgIpc) is 3.05. The first kappa shape index (κ1) is 22.5. The molecule has 0 saturated heterocycles. The zero-order valence-corrected chi connectivity index (χ0v) is 17.5. The van der Waals surface area contributed by atoms with Crippen molar-refractivity contribution >= 4 is 23.5 Å². The van der Waals surface area contributed by atoms with Gasteiger partial charge in [0, 0.05) is 12.7 Å². The van der Waals surface area contributed by atoms with E-state index in [0.29, 0.717) is 5.69 Å². The first-order chi connectivity index (χ1) is 15.5. The summed E-state index contributed by atoms with van der Waals surface area (Å²) in [6, 6.07) is 12.4. The van der Waals surface area contributed by atoms with Gasteiger partial charge in [0.1, 0.15) is 11.5 Å². The van der Waals surface area contributed by atoms with Crippen LogP contribution in [0.1, 0.15) is 15.9 Å². The van der Waals surface area contributed by atoms with Crippen molar-refractivity contribution in [1.82, 2.24) is 5.32 Å². The minimum atomic E-state index is -0.775. The van der Waals surface area contributed by atoms with Gasteiger partial charge in [-0.2, -0.15) is 0 Å². The van der Waals surface area contributed by atoms with Crippen molar-refractivity contribution in [3.8, 4) is 0 Å². The Kier molecular flexibility index (Phi) is 7.17. The predicted molar refractivity (Wildman–Crippen MR) is 116 cm³/mol. The summed E-state index contributed by atoms with van der Waals surface area (Å²) >= 11 is 0. The van der Waals surface area contributed by atoms with Gasteiger partial charge in [0.2, 0.25) is 0 Å². The normalized spacial score (nSPS) is 12.9. The van der Waals surface area contributed by atoms with Gasteiger partial charge in [-0.3, -0.25) is 4.79 Å². The minimum Gasteiger partial charge on any atom is -0.465 e. The number of halogens is 1. The molecule has 0 bridgehead atoms. The molecule has 0 fully saturated rings. The molecule has 0 aromatic heterocycles. The number of methoxy groups -OCH3 is 2. The summed E-state index contributed by atoms with van der Waals surface area (Å²) in [5.74, 6) is -2.29. The van der Waals surface area contributed by atoms with Gasteiger partial charge < -0.3 is 19.7 Å². The van der Waals surface area contributed by atoms with Crippen molar-refractivity contribution in [3.05, 3.63) is 101 Å². The van der Waals surface area contributed by atoms with Crippen LogP contribution in [0.15, 0.2) is 84.2 Å². The molecule has 32 heavy (non-hydrogen) atoms. The first-order valence-corrected chi connectivity index (χ1v) is 9.63. The second-order valence-corrected chi connectivity index (χ2v) is 6.64. The maximum atomic E-state index is 13.1. The van der Waals surface area contributed by atoms with Crippen LogP contribution in [0.4, 0.5) is 10.1 Å². The van der Waals surface area contributed by atoms with Crippen LogP contribution >= 0.6 is 0 Å². The fourth-order valence-corrected chi connectivity index (χ4v) is 3.11. The van der Waals surface area contributed by atoms with Crippen LogP contribution in [-0.2, 0) is 25.6 Å². The monoisotopic (exact) mass is 436 g/mol. The lowest BCUT2D eigenvalue weighted by atomic mass is 10.1. The molecule has 1 N–H and O–H groups in total.